The van der Waals surface area contributed by atoms with E-state index in [0.717, 1.165) is 21.6 Å². The van der Waals surface area contributed by atoms with Gasteiger partial charge >= 0.3 is 6.09 Å². The number of aromatic nitrogens is 1. The van der Waals surface area contributed by atoms with Crippen molar-refractivity contribution in [2.75, 3.05) is 12.0 Å². The summed E-state index contributed by atoms with van der Waals surface area (Å²) in [5.41, 5.74) is 2.72. The summed E-state index contributed by atoms with van der Waals surface area (Å²) in [5, 5.41) is 10.1. The molecule has 3 amide bonds. The number of pyridine rings is 1. The van der Waals surface area contributed by atoms with E-state index in [-0.39, 0.29) is 37.1 Å². The average molecular weight is 631 g/mol. The molecule has 0 unspecified atom stereocenters. The summed E-state index contributed by atoms with van der Waals surface area (Å²) < 4.78 is 10.9. The highest BCUT2D eigenvalue weighted by atomic mass is 16.6. The van der Waals surface area contributed by atoms with E-state index in [4.69, 9.17) is 9.47 Å². The van der Waals surface area contributed by atoms with Gasteiger partial charge in [0.25, 0.3) is 0 Å². The van der Waals surface area contributed by atoms with E-state index >= 15 is 0 Å². The Balaban J connectivity index is 1.33. The van der Waals surface area contributed by atoms with Crippen LogP contribution in [0.3, 0.4) is 0 Å². The van der Waals surface area contributed by atoms with Crippen molar-refractivity contribution >= 4 is 23.7 Å². The van der Waals surface area contributed by atoms with Crippen molar-refractivity contribution in [1.29, 1.82) is 5.26 Å². The van der Waals surface area contributed by atoms with E-state index < -0.39 is 23.7 Å². The number of hydrogen-bond acceptors (Lipinski definition) is 7. The molecule has 47 heavy (non-hydrogen) atoms. The first-order valence-electron chi connectivity index (χ1n) is 15.5. The van der Waals surface area contributed by atoms with Crippen molar-refractivity contribution < 1.29 is 23.9 Å². The molecular formula is C38H38N4O5. The Kier molecular flexibility index (Phi) is 10.0. The normalized spacial score (nSPS) is 15.8. The molecular weight excluding hydrogens is 592 g/mol. The third-order valence-electron chi connectivity index (χ3n) is 8.05. The quantitative estimate of drug-likeness (QED) is 0.180. The van der Waals surface area contributed by atoms with Gasteiger partial charge in [0.2, 0.25) is 11.8 Å². The summed E-state index contributed by atoms with van der Waals surface area (Å²) in [4.78, 5) is 47.4. The lowest BCUT2D eigenvalue weighted by molar-refractivity contribution is -0.163. The minimum Gasteiger partial charge on any atom is -0.497 e. The lowest BCUT2D eigenvalue weighted by atomic mass is 9.81. The third-order valence-corrected chi connectivity index (χ3v) is 8.05. The third kappa shape index (κ3) is 7.85. The Labute approximate surface area is 275 Å². The van der Waals surface area contributed by atoms with Gasteiger partial charge in [-0.1, -0.05) is 72.8 Å². The molecule has 0 radical (unpaired) electrons. The fraction of sp³-hybridized carbons (Fsp3) is 0.289. The minimum absolute atomic E-state index is 0.0558. The van der Waals surface area contributed by atoms with Gasteiger partial charge in [-0.25, -0.2) is 9.78 Å². The number of ether oxygens (including phenoxy) is 2. The second-order valence-corrected chi connectivity index (χ2v) is 12.5. The number of amides is 3. The Morgan fingerprint density at radius 3 is 2.11 bits per heavy atom. The van der Waals surface area contributed by atoms with E-state index in [1.807, 2.05) is 84.9 Å². The predicted molar refractivity (Wildman–Crippen MR) is 177 cm³/mol. The standard InChI is InChI=1S/C38H38N4O5/c1-38(2,3)47-37(45)41(25-26-15-17-30(46-4)18-16-26)34-22-27(19-20-40-34)21-32-33(24-39)42(36(32)44)35(43)23-31(28-11-7-5-8-12-28)29-13-9-6-10-14-29/h5-20,22,31-33H,21,23,25H2,1-4H3/t32-,33-/m1/s1. The molecule has 9 heteroatoms. The van der Waals surface area contributed by atoms with Gasteiger partial charge < -0.3 is 9.47 Å². The number of benzene rings is 3. The molecule has 0 bridgehead atoms. The van der Waals surface area contributed by atoms with Crippen molar-refractivity contribution in [3.05, 3.63) is 126 Å². The Morgan fingerprint density at radius 1 is 0.936 bits per heavy atom. The van der Waals surface area contributed by atoms with Crippen molar-refractivity contribution in [2.45, 2.75) is 57.7 Å². The molecule has 240 valence electrons. The van der Waals surface area contributed by atoms with Crippen LogP contribution in [0.5, 0.6) is 5.75 Å². The Morgan fingerprint density at radius 2 is 1.55 bits per heavy atom. The number of nitriles is 1. The highest BCUT2D eigenvalue weighted by Gasteiger charge is 2.51. The summed E-state index contributed by atoms with van der Waals surface area (Å²) in [7, 11) is 1.59. The van der Waals surface area contributed by atoms with Gasteiger partial charge in [0.15, 0.2) is 0 Å². The number of likely N-dealkylation sites (tertiary alicyclic amines) is 1. The SMILES string of the molecule is COc1ccc(CN(C(=O)OC(C)(C)C)c2cc(C[C@H]3C(=O)N(C(=O)CC(c4ccccc4)c4ccccc4)[C@@H]3C#N)ccn2)cc1. The zero-order valence-corrected chi connectivity index (χ0v) is 27.0. The van der Waals surface area contributed by atoms with E-state index in [1.165, 1.54) is 4.90 Å². The Hall–Kier alpha value is -5.49. The van der Waals surface area contributed by atoms with Crippen molar-refractivity contribution in [1.82, 2.24) is 9.88 Å². The van der Waals surface area contributed by atoms with Gasteiger partial charge in [0, 0.05) is 18.5 Å². The molecule has 2 atom stereocenters. The van der Waals surface area contributed by atoms with Gasteiger partial charge in [0.05, 0.1) is 25.6 Å². The molecule has 5 rings (SSSR count). The van der Waals surface area contributed by atoms with E-state index in [9.17, 15) is 19.6 Å². The summed E-state index contributed by atoms with van der Waals surface area (Å²) in [5.74, 6) is -0.706. The van der Waals surface area contributed by atoms with Crippen molar-refractivity contribution in [3.8, 4) is 11.8 Å². The number of nitrogens with zero attached hydrogens (tertiary/aromatic N) is 4. The van der Waals surface area contributed by atoms with Crippen molar-refractivity contribution in [2.24, 2.45) is 5.92 Å². The van der Waals surface area contributed by atoms with Crippen LogP contribution >= 0.6 is 0 Å². The molecule has 0 N–H and O–H groups in total. The lowest BCUT2D eigenvalue weighted by Gasteiger charge is -2.42. The van der Waals surface area contributed by atoms with Crippen LogP contribution in [0.2, 0.25) is 0 Å². The Bertz CT molecular complexity index is 1710. The predicted octanol–water partition coefficient (Wildman–Crippen LogP) is 6.67. The van der Waals surface area contributed by atoms with Crippen LogP contribution in [0.1, 0.15) is 55.4 Å². The van der Waals surface area contributed by atoms with Gasteiger partial charge in [0.1, 0.15) is 23.2 Å². The summed E-state index contributed by atoms with van der Waals surface area (Å²) in [6, 6.07) is 31.4. The van der Waals surface area contributed by atoms with Crippen molar-refractivity contribution in [3.63, 3.8) is 0 Å². The maximum absolute atomic E-state index is 13.6. The van der Waals surface area contributed by atoms with Gasteiger partial charge in [-0.15, -0.1) is 0 Å². The number of β-lactam (4-membered cyclic amide) rings is 1. The molecule has 0 spiro atoms. The molecule has 1 saturated heterocycles. The van der Waals surface area contributed by atoms with Crippen LogP contribution in [0.25, 0.3) is 0 Å². The maximum Gasteiger partial charge on any atom is 0.416 e. The average Bonchev–Trinajstić information content (AvgIpc) is 3.07. The molecule has 0 saturated carbocycles. The number of anilines is 1. The van der Waals surface area contributed by atoms with E-state index in [0.29, 0.717) is 17.1 Å². The summed E-state index contributed by atoms with van der Waals surface area (Å²) in [6.07, 6.45) is 1.26. The van der Waals surface area contributed by atoms with Gasteiger partial charge in [-0.2, -0.15) is 5.26 Å². The first-order valence-corrected chi connectivity index (χ1v) is 15.5. The van der Waals surface area contributed by atoms with Crippen LogP contribution in [0.4, 0.5) is 10.6 Å². The monoisotopic (exact) mass is 630 g/mol. The molecule has 4 aromatic rings. The number of carbonyl (C=O) groups is 3. The minimum atomic E-state index is -0.903. The summed E-state index contributed by atoms with van der Waals surface area (Å²) in [6.45, 7) is 5.56. The maximum atomic E-state index is 13.6. The topological polar surface area (TPSA) is 113 Å². The zero-order chi connectivity index (χ0) is 33.6. The van der Waals surface area contributed by atoms with Gasteiger partial charge in [-0.3, -0.25) is 19.4 Å². The number of imide groups is 1. The number of hydrogen-bond donors (Lipinski definition) is 0. The molecule has 1 aliphatic rings. The molecule has 1 aromatic heterocycles. The zero-order valence-electron chi connectivity index (χ0n) is 27.0. The number of rotatable bonds is 10. The molecule has 1 aliphatic heterocycles. The lowest BCUT2D eigenvalue weighted by Crippen LogP contribution is -2.63. The molecule has 2 heterocycles. The van der Waals surface area contributed by atoms with Crippen LogP contribution in [-0.2, 0) is 27.3 Å². The fourth-order valence-corrected chi connectivity index (χ4v) is 5.70. The summed E-state index contributed by atoms with van der Waals surface area (Å²) >= 11 is 0. The first-order chi connectivity index (χ1) is 22.6. The molecule has 3 aromatic carbocycles. The largest absolute Gasteiger partial charge is 0.497 e. The number of carbonyl (C=O) groups excluding carboxylic acids is 3. The second kappa shape index (κ2) is 14.3. The van der Waals surface area contributed by atoms with Crippen LogP contribution in [-0.4, -0.2) is 46.5 Å². The number of methoxy groups -OCH3 is 1. The van der Waals surface area contributed by atoms with Crippen LogP contribution in [0, 0.1) is 17.2 Å². The molecule has 9 nitrogen and oxygen atoms in total. The van der Waals surface area contributed by atoms with E-state index in [2.05, 4.69) is 11.1 Å². The highest BCUT2D eigenvalue weighted by molar-refractivity contribution is 6.03. The smallest absolute Gasteiger partial charge is 0.416 e. The van der Waals surface area contributed by atoms with Gasteiger partial charge in [-0.05, 0) is 73.7 Å². The van der Waals surface area contributed by atoms with Crippen LogP contribution < -0.4 is 9.64 Å². The first kappa shape index (κ1) is 32.9. The molecule has 0 aliphatic carbocycles. The van der Waals surface area contributed by atoms with E-state index in [1.54, 1.807) is 46.2 Å². The highest BCUT2D eigenvalue weighted by Crippen LogP contribution is 2.35. The fourth-order valence-electron chi connectivity index (χ4n) is 5.70. The van der Waals surface area contributed by atoms with Crippen LogP contribution in [0.15, 0.2) is 103 Å². The second-order valence-electron chi connectivity index (χ2n) is 12.5. The molecule has 1 fully saturated rings.